The van der Waals surface area contributed by atoms with Gasteiger partial charge in [-0.3, -0.25) is 28.9 Å². The summed E-state index contributed by atoms with van der Waals surface area (Å²) in [4.78, 5) is 89.7. The number of phenols is 1. The highest BCUT2D eigenvalue weighted by atomic mass is 16.6. The van der Waals surface area contributed by atoms with Crippen LogP contribution in [0.2, 0.25) is 0 Å². The van der Waals surface area contributed by atoms with E-state index in [4.69, 9.17) is 14.2 Å². The minimum absolute atomic E-state index is 0.0290. The van der Waals surface area contributed by atoms with Crippen LogP contribution < -0.4 is 15.5 Å². The molecule has 3 N–H and O–H groups in total. The number of imide groups is 1. The van der Waals surface area contributed by atoms with Crippen molar-refractivity contribution in [3.05, 3.63) is 179 Å². The van der Waals surface area contributed by atoms with E-state index < -0.39 is 83.3 Å². The molecule has 8 rings (SSSR count). The smallest absolute Gasteiger partial charge is 0.329 e. The molecule has 67 heavy (non-hydrogen) atoms. The fraction of sp³-hybridized carbons (Fsp3) is 0.245. The van der Waals surface area contributed by atoms with E-state index in [-0.39, 0.29) is 30.0 Å². The number of ether oxygens (including phenoxy) is 3. The maximum absolute atomic E-state index is 16.4. The Morgan fingerprint density at radius 2 is 1.43 bits per heavy atom. The number of aromatic hydroxyl groups is 1. The fourth-order valence-corrected chi connectivity index (χ4v) is 9.80. The third-order valence-electron chi connectivity index (χ3n) is 12.7. The molecule has 0 aromatic heterocycles. The summed E-state index contributed by atoms with van der Waals surface area (Å²) in [5.41, 5.74) is 1.11. The molecular formula is C53H48N4O10. The van der Waals surface area contributed by atoms with Gasteiger partial charge in [-0.1, -0.05) is 121 Å². The number of morpholine rings is 1. The molecule has 0 aliphatic carbocycles. The van der Waals surface area contributed by atoms with Crippen LogP contribution in [-0.2, 0) is 43.6 Å². The van der Waals surface area contributed by atoms with Crippen molar-refractivity contribution in [3.8, 4) is 17.6 Å². The number of nitrogens with one attached hydrogen (secondary N) is 2. The maximum Gasteiger partial charge on any atom is 0.329 e. The molecule has 7 atom stereocenters. The average molecular weight is 901 g/mol. The summed E-state index contributed by atoms with van der Waals surface area (Å²) in [5.74, 6) is -1.05. The number of carbonyl (C=O) groups is 6. The number of anilines is 1. The molecule has 2 fully saturated rings. The summed E-state index contributed by atoms with van der Waals surface area (Å²) in [6.07, 6.45) is 0.248. The molecule has 14 nitrogen and oxygen atoms in total. The van der Waals surface area contributed by atoms with Crippen LogP contribution in [0.3, 0.4) is 0 Å². The van der Waals surface area contributed by atoms with E-state index in [1.807, 2.05) is 95.9 Å². The first-order valence-corrected chi connectivity index (χ1v) is 21.7. The Kier molecular flexibility index (Phi) is 13.1. The molecule has 3 heterocycles. The van der Waals surface area contributed by atoms with Crippen LogP contribution >= 0.6 is 0 Å². The second-order valence-corrected chi connectivity index (χ2v) is 16.4. The first-order valence-electron chi connectivity index (χ1n) is 21.7. The Balaban J connectivity index is 1.41. The number of benzene rings is 5. The summed E-state index contributed by atoms with van der Waals surface area (Å²) < 4.78 is 16.1. The summed E-state index contributed by atoms with van der Waals surface area (Å²) in [7, 11) is 2.29. The Labute approximate surface area is 387 Å². The zero-order valence-electron chi connectivity index (χ0n) is 37.0. The minimum Gasteiger partial charge on any atom is -0.508 e. The number of hydrogen-bond donors (Lipinski definition) is 3. The Morgan fingerprint density at radius 3 is 2.04 bits per heavy atom. The van der Waals surface area contributed by atoms with Gasteiger partial charge in [0.1, 0.15) is 23.3 Å². The van der Waals surface area contributed by atoms with Gasteiger partial charge < -0.3 is 30.0 Å². The van der Waals surface area contributed by atoms with E-state index in [0.717, 1.165) is 24.7 Å². The van der Waals surface area contributed by atoms with Gasteiger partial charge in [-0.25, -0.2) is 9.69 Å². The second-order valence-electron chi connectivity index (χ2n) is 16.4. The van der Waals surface area contributed by atoms with Crippen LogP contribution in [0.1, 0.15) is 71.0 Å². The number of fused-ring (bicyclic) bond motifs is 3. The molecule has 3 aliphatic heterocycles. The van der Waals surface area contributed by atoms with Gasteiger partial charge >= 0.3 is 23.9 Å². The largest absolute Gasteiger partial charge is 0.508 e. The third-order valence-corrected chi connectivity index (χ3v) is 12.7. The first-order chi connectivity index (χ1) is 32.5. The Morgan fingerprint density at radius 1 is 0.821 bits per heavy atom. The van der Waals surface area contributed by atoms with Gasteiger partial charge in [-0.2, -0.15) is 0 Å². The van der Waals surface area contributed by atoms with Gasteiger partial charge in [0.15, 0.2) is 5.92 Å². The fourth-order valence-electron chi connectivity index (χ4n) is 9.80. The maximum atomic E-state index is 16.4. The molecule has 0 bridgehead atoms. The summed E-state index contributed by atoms with van der Waals surface area (Å²) in [6.45, 7) is 5.55. The quantitative estimate of drug-likeness (QED) is 0.0431. The molecule has 4 amide bonds. The first kappa shape index (κ1) is 45.5. The summed E-state index contributed by atoms with van der Waals surface area (Å²) in [5, 5.41) is 16.6. The normalized spacial score (nSPS) is 22.1. The zero-order valence-corrected chi connectivity index (χ0v) is 37.0. The van der Waals surface area contributed by atoms with Crippen molar-refractivity contribution in [2.24, 2.45) is 11.8 Å². The molecule has 5 aromatic rings. The molecule has 340 valence electrons. The van der Waals surface area contributed by atoms with Crippen molar-refractivity contribution < 1.29 is 48.1 Å². The summed E-state index contributed by atoms with van der Waals surface area (Å²) >= 11 is 0. The molecule has 5 aromatic carbocycles. The summed E-state index contributed by atoms with van der Waals surface area (Å²) in [6, 6.07) is 33.8. The molecule has 3 aliphatic rings. The number of esters is 3. The van der Waals surface area contributed by atoms with E-state index in [0.29, 0.717) is 22.3 Å². The van der Waals surface area contributed by atoms with Gasteiger partial charge in [-0.15, -0.1) is 6.58 Å². The van der Waals surface area contributed by atoms with Crippen molar-refractivity contribution in [1.29, 1.82) is 0 Å². The number of methoxy groups -OCH3 is 2. The predicted octanol–water partition coefficient (Wildman–Crippen LogP) is 6.53. The minimum atomic E-state index is -2.09. The van der Waals surface area contributed by atoms with E-state index in [2.05, 4.69) is 29.1 Å². The molecule has 0 radical (unpaired) electrons. The van der Waals surface area contributed by atoms with Crippen LogP contribution in [0.25, 0.3) is 0 Å². The monoisotopic (exact) mass is 900 g/mol. The van der Waals surface area contributed by atoms with Gasteiger partial charge in [0.25, 0.3) is 0 Å². The van der Waals surface area contributed by atoms with Gasteiger partial charge in [0, 0.05) is 18.5 Å². The van der Waals surface area contributed by atoms with Crippen LogP contribution in [0, 0.1) is 23.7 Å². The van der Waals surface area contributed by atoms with E-state index >= 15 is 14.4 Å². The Bertz CT molecular complexity index is 2760. The number of rotatable bonds is 11. The van der Waals surface area contributed by atoms with Crippen LogP contribution in [0.15, 0.2) is 146 Å². The lowest BCUT2D eigenvalue weighted by Crippen LogP contribution is -2.56. The molecule has 0 saturated carbocycles. The van der Waals surface area contributed by atoms with Crippen LogP contribution in [0.4, 0.5) is 10.5 Å². The number of urea groups is 1. The highest BCUT2D eigenvalue weighted by Crippen LogP contribution is 2.66. The molecule has 0 unspecified atom stereocenters. The third kappa shape index (κ3) is 8.19. The topological polar surface area (TPSA) is 181 Å². The van der Waals surface area contributed by atoms with Crippen molar-refractivity contribution in [3.63, 3.8) is 0 Å². The van der Waals surface area contributed by atoms with Gasteiger partial charge in [-0.05, 0) is 65.1 Å². The molecule has 2 saturated heterocycles. The number of nitrogens with zero attached hydrogens (tertiary/aromatic N) is 2. The number of phenolic OH excluding ortho intramolecular Hbond substituents is 1. The van der Waals surface area contributed by atoms with Crippen LogP contribution in [0.5, 0.6) is 5.75 Å². The Hall–Kier alpha value is -8.02. The van der Waals surface area contributed by atoms with Crippen molar-refractivity contribution in [2.45, 2.75) is 49.0 Å². The van der Waals surface area contributed by atoms with E-state index in [9.17, 15) is 19.5 Å². The average Bonchev–Trinajstić information content (AvgIpc) is 3.81. The highest BCUT2D eigenvalue weighted by molar-refractivity contribution is 6.24. The van der Waals surface area contributed by atoms with Crippen molar-refractivity contribution >= 4 is 41.4 Å². The predicted molar refractivity (Wildman–Crippen MR) is 246 cm³/mol. The van der Waals surface area contributed by atoms with E-state index in [1.165, 1.54) is 18.2 Å². The number of amides is 4. The number of carbonyl (C=O) groups excluding carboxylic acids is 6. The molecular weight excluding hydrogens is 853 g/mol. The standard InChI is InChI=1S/C53H48N4O10/c1-5-30-54-47(59)42-44-50(62)67-45(36-21-13-8-14-22-36)43(35-19-11-7-12-20-35)57(44)46(37-25-27-38(58)28-26-37)53(42)40-31-33(16-15-23-39(48(60)65-3)49(61)66-4)24-29-41(40)56(51(53)63)52(64)55-32(2)34-17-9-6-10-18-34/h5-14,17-22,24-29,31-32,39,42-46,58H,1,23,30H2,2-4H3,(H,54,59)(H,55,64)/t32-,42+,43+,44+,45-,46-,53+/m1/s1. The highest BCUT2D eigenvalue weighted by Gasteiger charge is 2.75. The SMILES string of the molecule is C=CCNC(=O)[C@@H]1[C@H]2C(=O)O[C@H](c3ccccc3)[C@H](c3ccccc3)N2[C@H](c2ccc(O)cc2)[C@@]12C(=O)N(C(=O)N[C@H](C)c1ccccc1)c1ccc(C#CCC(C(=O)OC)C(=O)OC)cc12. The van der Waals surface area contributed by atoms with Crippen molar-refractivity contribution in [1.82, 2.24) is 15.5 Å². The number of hydrogen-bond acceptors (Lipinski definition) is 11. The van der Waals surface area contributed by atoms with E-state index in [1.54, 1.807) is 37.3 Å². The van der Waals surface area contributed by atoms with Gasteiger partial charge in [0.2, 0.25) is 11.8 Å². The number of cyclic esters (lactones) is 1. The lowest BCUT2D eigenvalue weighted by Gasteiger charge is -2.46. The van der Waals surface area contributed by atoms with Crippen molar-refractivity contribution in [2.75, 3.05) is 25.7 Å². The van der Waals surface area contributed by atoms with Crippen LogP contribution in [-0.4, -0.2) is 72.6 Å². The zero-order chi connectivity index (χ0) is 47.4. The van der Waals surface area contributed by atoms with Gasteiger partial charge in [0.05, 0.1) is 44.0 Å². The lowest BCUT2D eigenvalue weighted by molar-refractivity contribution is -0.178. The lowest BCUT2D eigenvalue weighted by atomic mass is 9.65. The molecule has 14 heteroatoms. The molecule has 1 spiro atoms. The second kappa shape index (κ2) is 19.2.